The Hall–Kier alpha value is -1.67. The van der Waals surface area contributed by atoms with Crippen molar-refractivity contribution in [1.29, 1.82) is 10.5 Å². The second-order valence-corrected chi connectivity index (χ2v) is 6.12. The smallest absolute Gasteiger partial charge is 0.176 e. The van der Waals surface area contributed by atoms with Gasteiger partial charge in [-0.25, -0.2) is 4.98 Å². The van der Waals surface area contributed by atoms with Crippen molar-refractivity contribution in [2.24, 2.45) is 5.73 Å². The van der Waals surface area contributed by atoms with Gasteiger partial charge in [-0.15, -0.1) is 11.3 Å². The van der Waals surface area contributed by atoms with Gasteiger partial charge >= 0.3 is 0 Å². The van der Waals surface area contributed by atoms with Crippen LogP contribution in [0, 0.1) is 22.7 Å². The Bertz CT molecular complexity index is 690. The zero-order chi connectivity index (χ0) is 14.7. The molecule has 20 heavy (non-hydrogen) atoms. The molecule has 2 aromatic rings. The van der Waals surface area contributed by atoms with Crippen molar-refractivity contribution in [3.8, 4) is 12.1 Å². The van der Waals surface area contributed by atoms with Crippen molar-refractivity contribution in [2.45, 2.75) is 25.4 Å². The summed E-state index contributed by atoms with van der Waals surface area (Å²) in [5.41, 5.74) is 6.61. The first kappa shape index (κ1) is 14.7. The van der Waals surface area contributed by atoms with E-state index in [2.05, 4.69) is 20.9 Å². The van der Waals surface area contributed by atoms with Crippen LogP contribution in [0.3, 0.4) is 0 Å². The normalized spacial score (nSPS) is 13.4. The van der Waals surface area contributed by atoms with Crippen LogP contribution in [-0.2, 0) is 0 Å². The van der Waals surface area contributed by atoms with Gasteiger partial charge in [0.2, 0.25) is 0 Å². The molecule has 2 atom stereocenters. The highest BCUT2D eigenvalue weighted by atomic mass is 79.9. The largest absolute Gasteiger partial charge is 0.326 e. The molecule has 0 bridgehead atoms. The van der Waals surface area contributed by atoms with E-state index in [9.17, 15) is 5.26 Å². The van der Waals surface area contributed by atoms with Crippen LogP contribution < -0.4 is 5.73 Å². The highest BCUT2D eigenvalue weighted by molar-refractivity contribution is 9.10. The summed E-state index contributed by atoms with van der Waals surface area (Å²) in [7, 11) is 0. The van der Waals surface area contributed by atoms with Crippen LogP contribution in [0.4, 0.5) is 0 Å². The lowest BCUT2D eigenvalue weighted by molar-refractivity contribution is 0.462. The van der Waals surface area contributed by atoms with Gasteiger partial charge in [0.1, 0.15) is 12.1 Å². The minimum absolute atomic E-state index is 0.136. The van der Waals surface area contributed by atoms with E-state index in [-0.39, 0.29) is 23.5 Å². The molecule has 2 aromatic heterocycles. The second-order valence-electron chi connectivity index (χ2n) is 4.26. The van der Waals surface area contributed by atoms with E-state index in [1.807, 2.05) is 30.5 Å². The number of nitrogens with two attached hydrogens (primary N) is 1. The molecule has 2 heterocycles. The molecule has 2 rings (SSSR count). The molecule has 0 saturated carbocycles. The topological polar surface area (TPSA) is 91.4 Å². The summed E-state index contributed by atoms with van der Waals surface area (Å²) in [5, 5.41) is 20.2. The fourth-order valence-electron chi connectivity index (χ4n) is 2.03. The van der Waals surface area contributed by atoms with Gasteiger partial charge in [0, 0.05) is 20.8 Å². The minimum Gasteiger partial charge on any atom is -0.326 e. The Morgan fingerprint density at radius 1 is 1.50 bits per heavy atom. The average Bonchev–Trinajstić information content (AvgIpc) is 3.05. The van der Waals surface area contributed by atoms with Gasteiger partial charge in [-0.3, -0.25) is 0 Å². The number of thiophene rings is 1. The number of halogens is 1. The number of nitriles is 2. The summed E-state index contributed by atoms with van der Waals surface area (Å²) < 4.78 is 2.68. The van der Waals surface area contributed by atoms with E-state index in [0.29, 0.717) is 0 Å². The average molecular weight is 350 g/mol. The third kappa shape index (κ3) is 2.61. The molecule has 2 unspecified atom stereocenters. The van der Waals surface area contributed by atoms with E-state index in [1.54, 1.807) is 15.9 Å². The van der Waals surface area contributed by atoms with Gasteiger partial charge in [-0.1, -0.05) is 6.92 Å². The Balaban J connectivity index is 2.56. The fourth-order valence-corrected chi connectivity index (χ4v) is 3.64. The SMILES string of the molecule is CCC(N)C(c1cc(Br)cs1)n1cnc(C#N)c1C#N. The number of hydrogen-bond acceptors (Lipinski definition) is 5. The molecule has 0 aromatic carbocycles. The van der Waals surface area contributed by atoms with Crippen molar-refractivity contribution >= 4 is 27.3 Å². The summed E-state index contributed by atoms with van der Waals surface area (Å²) in [6, 6.07) is 5.61. The molecule has 0 spiro atoms. The van der Waals surface area contributed by atoms with Crippen LogP contribution in [0.15, 0.2) is 22.2 Å². The lowest BCUT2D eigenvalue weighted by atomic mass is 10.0. The predicted molar refractivity (Wildman–Crippen MR) is 80.1 cm³/mol. The van der Waals surface area contributed by atoms with E-state index >= 15 is 0 Å². The molecule has 0 aliphatic heterocycles. The molecule has 0 amide bonds. The molecule has 2 N–H and O–H groups in total. The van der Waals surface area contributed by atoms with Gasteiger partial charge in [0.25, 0.3) is 0 Å². The highest BCUT2D eigenvalue weighted by Crippen LogP contribution is 2.32. The maximum Gasteiger partial charge on any atom is 0.176 e. The molecule has 102 valence electrons. The molecular weight excluding hydrogens is 338 g/mol. The van der Waals surface area contributed by atoms with Gasteiger partial charge in [-0.2, -0.15) is 10.5 Å². The van der Waals surface area contributed by atoms with Crippen molar-refractivity contribution in [3.05, 3.63) is 38.5 Å². The first-order valence-corrected chi connectivity index (χ1v) is 7.66. The first-order valence-electron chi connectivity index (χ1n) is 5.98. The molecule has 0 aliphatic carbocycles. The summed E-state index contributed by atoms with van der Waals surface area (Å²) in [6.45, 7) is 1.99. The predicted octanol–water partition coefficient (Wildman–Crippen LogP) is 2.78. The Morgan fingerprint density at radius 2 is 2.25 bits per heavy atom. The van der Waals surface area contributed by atoms with Crippen LogP contribution in [0.5, 0.6) is 0 Å². The zero-order valence-corrected chi connectivity index (χ0v) is 13.1. The Kier molecular flexibility index (Phi) is 4.56. The van der Waals surface area contributed by atoms with Crippen LogP contribution in [0.1, 0.15) is 35.7 Å². The molecule has 0 fully saturated rings. The second kappa shape index (κ2) is 6.19. The monoisotopic (exact) mass is 349 g/mol. The molecular formula is C13H12BrN5S. The molecule has 5 nitrogen and oxygen atoms in total. The quantitative estimate of drug-likeness (QED) is 0.918. The van der Waals surface area contributed by atoms with Gasteiger partial charge in [0.15, 0.2) is 11.4 Å². The Morgan fingerprint density at radius 3 is 2.75 bits per heavy atom. The van der Waals surface area contributed by atoms with Crippen molar-refractivity contribution in [1.82, 2.24) is 9.55 Å². The van der Waals surface area contributed by atoms with Crippen LogP contribution in [0.25, 0.3) is 0 Å². The fraction of sp³-hybridized carbons (Fsp3) is 0.308. The summed E-state index contributed by atoms with van der Waals surface area (Å²) in [5.74, 6) is 0. The number of hydrogen-bond donors (Lipinski definition) is 1. The standard InChI is InChI=1S/C13H12BrN5S/c1-2-9(17)13(12-3-8(14)6-20-12)19-7-18-10(4-15)11(19)5-16/h3,6-7,9,13H,2,17H2,1H3. The molecule has 0 radical (unpaired) electrons. The van der Waals surface area contributed by atoms with Gasteiger partial charge in [0.05, 0.1) is 12.4 Å². The maximum atomic E-state index is 9.27. The van der Waals surface area contributed by atoms with E-state index in [4.69, 9.17) is 11.0 Å². The van der Waals surface area contributed by atoms with Crippen LogP contribution in [0.2, 0.25) is 0 Å². The third-order valence-electron chi connectivity index (χ3n) is 3.06. The lowest BCUT2D eigenvalue weighted by Crippen LogP contribution is -2.32. The Labute approximate surface area is 129 Å². The van der Waals surface area contributed by atoms with Crippen molar-refractivity contribution in [2.75, 3.05) is 0 Å². The molecule has 0 saturated heterocycles. The minimum atomic E-state index is -0.194. The lowest BCUT2D eigenvalue weighted by Gasteiger charge is -2.23. The molecule has 0 aliphatic rings. The number of aromatic nitrogens is 2. The number of imidazole rings is 1. The third-order valence-corrected chi connectivity index (χ3v) is 4.83. The maximum absolute atomic E-state index is 9.27. The van der Waals surface area contributed by atoms with Crippen molar-refractivity contribution < 1.29 is 0 Å². The van der Waals surface area contributed by atoms with Crippen LogP contribution in [-0.4, -0.2) is 15.6 Å². The van der Waals surface area contributed by atoms with E-state index in [1.165, 1.54) is 6.33 Å². The van der Waals surface area contributed by atoms with Crippen molar-refractivity contribution in [3.63, 3.8) is 0 Å². The number of nitrogens with zero attached hydrogens (tertiary/aromatic N) is 4. The number of rotatable bonds is 4. The van der Waals surface area contributed by atoms with Gasteiger partial charge in [-0.05, 0) is 28.4 Å². The summed E-state index contributed by atoms with van der Waals surface area (Å²) in [4.78, 5) is 5.02. The van der Waals surface area contributed by atoms with E-state index < -0.39 is 0 Å². The molecule has 7 heteroatoms. The van der Waals surface area contributed by atoms with Gasteiger partial charge < -0.3 is 10.3 Å². The van der Waals surface area contributed by atoms with Crippen LogP contribution >= 0.6 is 27.3 Å². The summed E-state index contributed by atoms with van der Waals surface area (Å²) >= 11 is 4.99. The summed E-state index contributed by atoms with van der Waals surface area (Å²) in [6.07, 6.45) is 2.27. The highest BCUT2D eigenvalue weighted by Gasteiger charge is 2.26. The first-order chi connectivity index (χ1) is 9.62. The van der Waals surface area contributed by atoms with E-state index in [0.717, 1.165) is 15.8 Å². The zero-order valence-electron chi connectivity index (χ0n) is 10.7.